The summed E-state index contributed by atoms with van der Waals surface area (Å²) in [5.41, 5.74) is -0.539. The molecule has 0 aliphatic carbocycles. The first-order chi connectivity index (χ1) is 7.97. The summed E-state index contributed by atoms with van der Waals surface area (Å²) >= 11 is 1.95. The van der Waals surface area contributed by atoms with Gasteiger partial charge >= 0.3 is 5.97 Å². The summed E-state index contributed by atoms with van der Waals surface area (Å²) in [7, 11) is 0. The summed E-state index contributed by atoms with van der Waals surface area (Å²) in [4.78, 5) is 23.1. The van der Waals surface area contributed by atoms with Crippen molar-refractivity contribution >= 4 is 34.3 Å². The molecule has 90 valence electrons. The Kier molecular flexibility index (Phi) is 4.80. The van der Waals surface area contributed by atoms with E-state index in [0.29, 0.717) is 3.57 Å². The SMILES string of the molecule is C=C(C(=O)OCC)C(=O)c1cc(I)ccc1F. The topological polar surface area (TPSA) is 43.4 Å². The second-order valence-electron chi connectivity index (χ2n) is 3.15. The maximum Gasteiger partial charge on any atom is 0.341 e. The fourth-order valence-electron chi connectivity index (χ4n) is 1.14. The first-order valence-corrected chi connectivity index (χ1v) is 5.91. The highest BCUT2D eigenvalue weighted by Crippen LogP contribution is 2.16. The quantitative estimate of drug-likeness (QED) is 0.210. The van der Waals surface area contributed by atoms with Gasteiger partial charge in [-0.2, -0.15) is 0 Å². The van der Waals surface area contributed by atoms with Crippen LogP contribution < -0.4 is 0 Å². The summed E-state index contributed by atoms with van der Waals surface area (Å²) in [6.07, 6.45) is 0. The Labute approximate surface area is 112 Å². The molecule has 17 heavy (non-hydrogen) atoms. The monoisotopic (exact) mass is 348 g/mol. The van der Waals surface area contributed by atoms with E-state index in [1.54, 1.807) is 6.92 Å². The lowest BCUT2D eigenvalue weighted by molar-refractivity contribution is -0.138. The maximum absolute atomic E-state index is 13.4. The van der Waals surface area contributed by atoms with Crippen molar-refractivity contribution in [2.45, 2.75) is 6.92 Å². The molecule has 0 spiro atoms. The molecular formula is C12H10FIO3. The summed E-state index contributed by atoms with van der Waals surface area (Å²) in [6, 6.07) is 4.07. The second-order valence-corrected chi connectivity index (χ2v) is 4.40. The van der Waals surface area contributed by atoms with E-state index < -0.39 is 17.6 Å². The van der Waals surface area contributed by atoms with Crippen molar-refractivity contribution in [1.82, 2.24) is 0 Å². The summed E-state index contributed by atoms with van der Waals surface area (Å²) < 4.78 is 18.7. The molecule has 5 heteroatoms. The minimum Gasteiger partial charge on any atom is -0.462 e. The fourth-order valence-corrected chi connectivity index (χ4v) is 1.64. The third kappa shape index (κ3) is 3.36. The van der Waals surface area contributed by atoms with Crippen molar-refractivity contribution in [3.8, 4) is 0 Å². The minimum absolute atomic E-state index is 0.139. The van der Waals surface area contributed by atoms with Crippen molar-refractivity contribution < 1.29 is 18.7 Å². The lowest BCUT2D eigenvalue weighted by Crippen LogP contribution is -2.16. The third-order valence-corrected chi connectivity index (χ3v) is 2.64. The highest BCUT2D eigenvalue weighted by atomic mass is 127. The molecule has 0 heterocycles. The first-order valence-electron chi connectivity index (χ1n) is 4.83. The van der Waals surface area contributed by atoms with Gasteiger partial charge in [0.15, 0.2) is 0 Å². The number of hydrogen-bond acceptors (Lipinski definition) is 3. The number of Topliss-reactive ketones (excluding diaryl/α,β-unsaturated/α-hetero) is 1. The molecule has 0 saturated carbocycles. The van der Waals surface area contributed by atoms with Crippen LogP contribution in [-0.2, 0) is 9.53 Å². The standard InChI is InChI=1S/C12H10FIO3/c1-3-17-12(16)7(2)11(15)9-6-8(14)4-5-10(9)13/h4-6H,2-3H2,1H3. The molecule has 0 radical (unpaired) electrons. The molecule has 0 unspecified atom stereocenters. The maximum atomic E-state index is 13.4. The molecule has 1 aromatic rings. The number of carbonyl (C=O) groups is 2. The van der Waals surface area contributed by atoms with Gasteiger partial charge < -0.3 is 4.74 Å². The Hall–Kier alpha value is -1.24. The van der Waals surface area contributed by atoms with E-state index in [4.69, 9.17) is 0 Å². The van der Waals surface area contributed by atoms with E-state index in [2.05, 4.69) is 11.3 Å². The van der Waals surface area contributed by atoms with Crippen LogP contribution >= 0.6 is 22.6 Å². The molecule has 1 rings (SSSR count). The molecule has 0 N–H and O–H groups in total. The van der Waals surface area contributed by atoms with Gasteiger partial charge in [0.1, 0.15) is 11.4 Å². The van der Waals surface area contributed by atoms with Crippen LogP contribution in [-0.4, -0.2) is 18.4 Å². The van der Waals surface area contributed by atoms with E-state index in [-0.39, 0.29) is 17.7 Å². The zero-order valence-electron chi connectivity index (χ0n) is 9.13. The van der Waals surface area contributed by atoms with Crippen LogP contribution in [0, 0.1) is 9.39 Å². The Morgan fingerprint density at radius 3 is 2.71 bits per heavy atom. The number of ketones is 1. The Balaban J connectivity index is 3.00. The normalized spacial score (nSPS) is 9.82. The molecule has 0 atom stereocenters. The van der Waals surface area contributed by atoms with Crippen LogP contribution in [0.4, 0.5) is 4.39 Å². The van der Waals surface area contributed by atoms with Crippen molar-refractivity contribution in [2.24, 2.45) is 0 Å². The zero-order valence-corrected chi connectivity index (χ0v) is 11.3. The molecule has 0 fully saturated rings. The van der Waals surface area contributed by atoms with Crippen molar-refractivity contribution in [3.63, 3.8) is 0 Å². The number of esters is 1. The molecule has 0 aromatic heterocycles. The molecular weight excluding hydrogens is 338 g/mol. The number of hydrogen-bond donors (Lipinski definition) is 0. The van der Waals surface area contributed by atoms with E-state index in [1.807, 2.05) is 22.6 Å². The van der Waals surface area contributed by atoms with Gasteiger partial charge in [0.25, 0.3) is 0 Å². The predicted molar refractivity (Wildman–Crippen MR) is 69.2 cm³/mol. The smallest absolute Gasteiger partial charge is 0.341 e. The van der Waals surface area contributed by atoms with E-state index in [0.717, 1.165) is 0 Å². The van der Waals surface area contributed by atoms with Gasteiger partial charge in [-0.05, 0) is 47.7 Å². The Bertz CT molecular complexity index is 483. The fraction of sp³-hybridized carbons (Fsp3) is 0.167. The number of ether oxygens (including phenoxy) is 1. The molecule has 1 aromatic carbocycles. The van der Waals surface area contributed by atoms with Crippen molar-refractivity contribution in [3.05, 3.63) is 45.3 Å². The molecule has 0 saturated heterocycles. The van der Waals surface area contributed by atoms with E-state index in [1.165, 1.54) is 18.2 Å². The average molecular weight is 348 g/mol. The Morgan fingerprint density at radius 2 is 2.12 bits per heavy atom. The molecule has 0 aliphatic heterocycles. The van der Waals surface area contributed by atoms with Gasteiger partial charge in [0.05, 0.1) is 12.2 Å². The number of rotatable bonds is 4. The summed E-state index contributed by atoms with van der Waals surface area (Å²) in [5, 5.41) is 0. The predicted octanol–water partition coefficient (Wildman–Crippen LogP) is 2.73. The van der Waals surface area contributed by atoms with E-state index >= 15 is 0 Å². The molecule has 3 nitrogen and oxygen atoms in total. The number of halogens is 2. The first kappa shape index (κ1) is 13.8. The second kappa shape index (κ2) is 5.90. The largest absolute Gasteiger partial charge is 0.462 e. The van der Waals surface area contributed by atoms with Gasteiger partial charge in [0, 0.05) is 3.57 Å². The van der Waals surface area contributed by atoms with E-state index in [9.17, 15) is 14.0 Å². The van der Waals surface area contributed by atoms with Crippen LogP contribution in [0.15, 0.2) is 30.4 Å². The number of carbonyl (C=O) groups excluding carboxylic acids is 2. The van der Waals surface area contributed by atoms with Crippen LogP contribution in [0.1, 0.15) is 17.3 Å². The number of benzene rings is 1. The van der Waals surface area contributed by atoms with Crippen molar-refractivity contribution in [2.75, 3.05) is 6.61 Å². The average Bonchev–Trinajstić information content (AvgIpc) is 2.30. The lowest BCUT2D eigenvalue weighted by Gasteiger charge is -2.05. The Morgan fingerprint density at radius 1 is 1.47 bits per heavy atom. The molecule has 0 amide bonds. The highest BCUT2D eigenvalue weighted by molar-refractivity contribution is 14.1. The van der Waals surface area contributed by atoms with Gasteiger partial charge in [-0.1, -0.05) is 6.58 Å². The van der Waals surface area contributed by atoms with Crippen LogP contribution in [0.5, 0.6) is 0 Å². The van der Waals surface area contributed by atoms with Gasteiger partial charge in [-0.3, -0.25) is 4.79 Å². The summed E-state index contributed by atoms with van der Waals surface area (Å²) in [5.74, 6) is -2.25. The van der Waals surface area contributed by atoms with Gasteiger partial charge in [-0.25, -0.2) is 9.18 Å². The molecule has 0 aliphatic rings. The lowest BCUT2D eigenvalue weighted by atomic mass is 10.0. The highest BCUT2D eigenvalue weighted by Gasteiger charge is 2.21. The van der Waals surface area contributed by atoms with Crippen molar-refractivity contribution in [1.29, 1.82) is 0 Å². The molecule has 0 bridgehead atoms. The van der Waals surface area contributed by atoms with Gasteiger partial charge in [-0.15, -0.1) is 0 Å². The minimum atomic E-state index is -0.823. The van der Waals surface area contributed by atoms with Crippen LogP contribution in [0.25, 0.3) is 0 Å². The van der Waals surface area contributed by atoms with Crippen LogP contribution in [0.3, 0.4) is 0 Å². The van der Waals surface area contributed by atoms with Gasteiger partial charge in [0.2, 0.25) is 5.78 Å². The summed E-state index contributed by atoms with van der Waals surface area (Å²) in [6.45, 7) is 5.08. The third-order valence-electron chi connectivity index (χ3n) is 1.97. The van der Waals surface area contributed by atoms with Crippen LogP contribution in [0.2, 0.25) is 0 Å². The zero-order chi connectivity index (χ0) is 13.0.